The quantitative estimate of drug-likeness (QED) is 0.661. The summed E-state index contributed by atoms with van der Waals surface area (Å²) in [6, 6.07) is 4.52. The topological polar surface area (TPSA) is 72.7 Å². The van der Waals surface area contributed by atoms with Gasteiger partial charge in [-0.05, 0) is 25.8 Å². The summed E-state index contributed by atoms with van der Waals surface area (Å²) >= 11 is 0. The van der Waals surface area contributed by atoms with Gasteiger partial charge < -0.3 is 20.6 Å². The highest BCUT2D eigenvalue weighted by atomic mass is 16.3. The van der Waals surface area contributed by atoms with Crippen molar-refractivity contribution in [3.8, 4) is 11.5 Å². The maximum Gasteiger partial charge on any atom is 0.124 e. The van der Waals surface area contributed by atoms with Crippen molar-refractivity contribution in [1.82, 2.24) is 5.32 Å². The number of hydrogen-bond donors (Lipinski definition) is 4. The number of phenolic OH excluding ortho intramolecular Hbond substituents is 2. The number of rotatable bonds is 4. The summed E-state index contributed by atoms with van der Waals surface area (Å²) < 4.78 is 0. The number of phenols is 2. The van der Waals surface area contributed by atoms with Gasteiger partial charge in [0.25, 0.3) is 0 Å². The highest BCUT2D eigenvalue weighted by Gasteiger charge is 2.31. The number of nitrogens with one attached hydrogen (secondary N) is 1. The smallest absolute Gasteiger partial charge is 0.124 e. The lowest BCUT2D eigenvalue weighted by Crippen LogP contribution is -2.39. The summed E-state index contributed by atoms with van der Waals surface area (Å²) in [6.07, 6.45) is 3.84. The summed E-state index contributed by atoms with van der Waals surface area (Å²) in [5, 5.41) is 32.5. The van der Waals surface area contributed by atoms with Crippen molar-refractivity contribution in [3.05, 3.63) is 23.8 Å². The Kier molecular flexibility index (Phi) is 3.78. The number of hydrogen-bond acceptors (Lipinski definition) is 4. The SMILES string of the molecule is CC(NCC1(O)CCCC1)c1ccc(O)cc1O. The molecule has 0 heterocycles. The Bertz CT molecular complexity index is 414. The summed E-state index contributed by atoms with van der Waals surface area (Å²) in [5.41, 5.74) is 0.134. The van der Waals surface area contributed by atoms with E-state index in [9.17, 15) is 15.3 Å². The Balaban J connectivity index is 1.97. The molecule has 2 rings (SSSR count). The van der Waals surface area contributed by atoms with Crippen molar-refractivity contribution >= 4 is 0 Å². The van der Waals surface area contributed by atoms with Crippen LogP contribution in [-0.2, 0) is 0 Å². The van der Waals surface area contributed by atoms with Crippen molar-refractivity contribution in [2.45, 2.75) is 44.2 Å². The van der Waals surface area contributed by atoms with E-state index in [1.54, 1.807) is 12.1 Å². The zero-order valence-electron chi connectivity index (χ0n) is 10.7. The van der Waals surface area contributed by atoms with Crippen LogP contribution in [0.5, 0.6) is 11.5 Å². The van der Waals surface area contributed by atoms with E-state index in [0.717, 1.165) is 31.2 Å². The molecule has 0 amide bonds. The molecule has 0 aromatic heterocycles. The first kappa shape index (κ1) is 13.2. The molecule has 1 aliphatic carbocycles. The van der Waals surface area contributed by atoms with Gasteiger partial charge in [0.2, 0.25) is 0 Å². The summed E-state index contributed by atoms with van der Waals surface area (Å²) in [7, 11) is 0. The van der Waals surface area contributed by atoms with Crippen molar-refractivity contribution < 1.29 is 15.3 Å². The molecule has 0 spiro atoms. The Morgan fingerprint density at radius 3 is 2.56 bits per heavy atom. The molecule has 0 aliphatic heterocycles. The van der Waals surface area contributed by atoms with Gasteiger partial charge in [0, 0.05) is 24.2 Å². The van der Waals surface area contributed by atoms with Crippen LogP contribution in [0.15, 0.2) is 18.2 Å². The maximum absolute atomic E-state index is 10.2. The van der Waals surface area contributed by atoms with Crippen LogP contribution >= 0.6 is 0 Å². The fourth-order valence-electron chi connectivity index (χ4n) is 2.56. The number of benzene rings is 1. The average Bonchev–Trinajstić information content (AvgIpc) is 2.74. The summed E-state index contributed by atoms with van der Waals surface area (Å²) in [6.45, 7) is 2.47. The third-order valence-corrected chi connectivity index (χ3v) is 3.75. The monoisotopic (exact) mass is 251 g/mol. The minimum atomic E-state index is -0.596. The van der Waals surface area contributed by atoms with Gasteiger partial charge >= 0.3 is 0 Å². The Hall–Kier alpha value is -1.26. The normalized spacial score (nSPS) is 19.9. The molecular formula is C14H21NO3. The molecule has 1 saturated carbocycles. The number of aliphatic hydroxyl groups is 1. The van der Waals surface area contributed by atoms with E-state index in [4.69, 9.17) is 0 Å². The minimum absolute atomic E-state index is 0.0536. The van der Waals surface area contributed by atoms with E-state index in [1.165, 1.54) is 6.07 Å². The van der Waals surface area contributed by atoms with E-state index in [0.29, 0.717) is 6.54 Å². The van der Waals surface area contributed by atoms with Crippen molar-refractivity contribution in [3.63, 3.8) is 0 Å². The van der Waals surface area contributed by atoms with Crippen LogP contribution in [0.4, 0.5) is 0 Å². The largest absolute Gasteiger partial charge is 0.508 e. The molecule has 1 aromatic carbocycles. The molecule has 1 aliphatic rings. The molecular weight excluding hydrogens is 230 g/mol. The zero-order chi connectivity index (χ0) is 13.2. The highest BCUT2D eigenvalue weighted by molar-refractivity contribution is 5.40. The van der Waals surface area contributed by atoms with E-state index in [-0.39, 0.29) is 17.5 Å². The molecule has 1 aromatic rings. The van der Waals surface area contributed by atoms with Gasteiger partial charge in [-0.25, -0.2) is 0 Å². The van der Waals surface area contributed by atoms with E-state index in [1.807, 2.05) is 6.92 Å². The molecule has 0 saturated heterocycles. The van der Waals surface area contributed by atoms with Gasteiger partial charge in [0.1, 0.15) is 11.5 Å². The molecule has 100 valence electrons. The van der Waals surface area contributed by atoms with Gasteiger partial charge in [0.15, 0.2) is 0 Å². The lowest BCUT2D eigenvalue weighted by Gasteiger charge is -2.25. The average molecular weight is 251 g/mol. The molecule has 1 fully saturated rings. The van der Waals surface area contributed by atoms with Crippen LogP contribution in [0.2, 0.25) is 0 Å². The van der Waals surface area contributed by atoms with Crippen molar-refractivity contribution in [2.24, 2.45) is 0 Å². The molecule has 4 nitrogen and oxygen atoms in total. The van der Waals surface area contributed by atoms with E-state index >= 15 is 0 Å². The second-order valence-electron chi connectivity index (χ2n) is 5.28. The van der Waals surface area contributed by atoms with Gasteiger partial charge in [-0.2, -0.15) is 0 Å². The lowest BCUT2D eigenvalue weighted by atomic mass is 10.0. The third kappa shape index (κ3) is 2.94. The van der Waals surface area contributed by atoms with Crippen LogP contribution in [0.25, 0.3) is 0 Å². The molecule has 0 bridgehead atoms. The minimum Gasteiger partial charge on any atom is -0.508 e. The second-order valence-corrected chi connectivity index (χ2v) is 5.28. The molecule has 1 atom stereocenters. The van der Waals surface area contributed by atoms with Crippen LogP contribution < -0.4 is 5.32 Å². The van der Waals surface area contributed by atoms with Crippen LogP contribution in [-0.4, -0.2) is 27.5 Å². The van der Waals surface area contributed by atoms with Crippen LogP contribution in [0.3, 0.4) is 0 Å². The molecule has 4 N–H and O–H groups in total. The predicted molar refractivity (Wildman–Crippen MR) is 69.6 cm³/mol. The van der Waals surface area contributed by atoms with Gasteiger partial charge in [0.05, 0.1) is 5.60 Å². The third-order valence-electron chi connectivity index (χ3n) is 3.75. The molecule has 1 unspecified atom stereocenters. The fraction of sp³-hybridized carbons (Fsp3) is 0.571. The zero-order valence-corrected chi connectivity index (χ0v) is 10.7. The summed E-state index contributed by atoms with van der Waals surface area (Å²) in [4.78, 5) is 0. The first-order valence-electron chi connectivity index (χ1n) is 6.48. The summed E-state index contributed by atoms with van der Waals surface area (Å²) in [5.74, 6) is 0.131. The Labute approximate surface area is 107 Å². The van der Waals surface area contributed by atoms with Crippen LogP contribution in [0.1, 0.15) is 44.2 Å². The predicted octanol–water partition coefficient (Wildman–Crippen LogP) is 2.05. The lowest BCUT2D eigenvalue weighted by molar-refractivity contribution is 0.0452. The maximum atomic E-state index is 10.2. The second kappa shape index (κ2) is 5.16. The Morgan fingerprint density at radius 1 is 1.28 bits per heavy atom. The van der Waals surface area contributed by atoms with Crippen molar-refractivity contribution in [2.75, 3.05) is 6.54 Å². The van der Waals surface area contributed by atoms with Crippen molar-refractivity contribution in [1.29, 1.82) is 0 Å². The first-order chi connectivity index (χ1) is 8.50. The highest BCUT2D eigenvalue weighted by Crippen LogP contribution is 2.31. The van der Waals surface area contributed by atoms with Gasteiger partial charge in [-0.1, -0.05) is 18.9 Å². The fourth-order valence-corrected chi connectivity index (χ4v) is 2.56. The molecule has 18 heavy (non-hydrogen) atoms. The Morgan fingerprint density at radius 2 is 1.94 bits per heavy atom. The van der Waals surface area contributed by atoms with E-state index in [2.05, 4.69) is 5.32 Å². The first-order valence-corrected chi connectivity index (χ1v) is 6.48. The van der Waals surface area contributed by atoms with Gasteiger partial charge in [-0.3, -0.25) is 0 Å². The van der Waals surface area contributed by atoms with Gasteiger partial charge in [-0.15, -0.1) is 0 Å². The number of aromatic hydroxyl groups is 2. The molecule has 4 heteroatoms. The molecule has 0 radical (unpaired) electrons. The standard InChI is InChI=1S/C14H21NO3/c1-10(12-5-4-11(16)8-13(12)17)15-9-14(18)6-2-3-7-14/h4-5,8,10,15-18H,2-3,6-7,9H2,1H3. The van der Waals surface area contributed by atoms with E-state index < -0.39 is 5.60 Å². The van der Waals surface area contributed by atoms with Crippen LogP contribution in [0, 0.1) is 0 Å².